The lowest BCUT2D eigenvalue weighted by Crippen LogP contribution is -2.36. The van der Waals surface area contributed by atoms with Gasteiger partial charge in [-0.3, -0.25) is 4.99 Å². The van der Waals surface area contributed by atoms with Crippen molar-refractivity contribution in [2.45, 2.75) is 0 Å². The van der Waals surface area contributed by atoms with Gasteiger partial charge in [0.2, 0.25) is 0 Å². The first-order valence-electron chi connectivity index (χ1n) is 7.14. The summed E-state index contributed by atoms with van der Waals surface area (Å²) in [6.07, 6.45) is 1.53. The van der Waals surface area contributed by atoms with Gasteiger partial charge in [-0.05, 0) is 35.9 Å². The van der Waals surface area contributed by atoms with Crippen LogP contribution in [0.3, 0.4) is 0 Å². The fourth-order valence-corrected chi connectivity index (χ4v) is 2.37. The van der Waals surface area contributed by atoms with E-state index in [1.807, 2.05) is 4.90 Å². The van der Waals surface area contributed by atoms with Crippen LogP contribution in [0, 0.1) is 11.6 Å². The molecule has 1 saturated heterocycles. The highest BCUT2D eigenvalue weighted by molar-refractivity contribution is 5.82. The van der Waals surface area contributed by atoms with Crippen molar-refractivity contribution in [3.63, 3.8) is 0 Å². The quantitative estimate of drug-likeness (QED) is 0.810. The Morgan fingerprint density at radius 2 is 1.86 bits per heavy atom. The van der Waals surface area contributed by atoms with E-state index in [1.165, 1.54) is 24.4 Å². The molecule has 22 heavy (non-hydrogen) atoms. The Bertz CT molecular complexity index is 682. The van der Waals surface area contributed by atoms with E-state index < -0.39 is 0 Å². The minimum atomic E-state index is -0.344. The highest BCUT2D eigenvalue weighted by Crippen LogP contribution is 2.21. The fraction of sp³-hybridized carbons (Fsp3) is 0.235. The molecule has 0 unspecified atom stereocenters. The highest BCUT2D eigenvalue weighted by atomic mass is 19.1. The van der Waals surface area contributed by atoms with E-state index in [2.05, 4.69) is 4.99 Å². The van der Waals surface area contributed by atoms with E-state index in [1.54, 1.807) is 24.3 Å². The molecule has 3 rings (SSSR count). The summed E-state index contributed by atoms with van der Waals surface area (Å²) in [7, 11) is 0. The molecule has 0 aliphatic carbocycles. The highest BCUT2D eigenvalue weighted by Gasteiger charge is 2.14. The third-order valence-electron chi connectivity index (χ3n) is 3.49. The van der Waals surface area contributed by atoms with Gasteiger partial charge in [-0.15, -0.1) is 0 Å². The van der Waals surface area contributed by atoms with Crippen LogP contribution >= 0.6 is 0 Å². The molecule has 0 aromatic heterocycles. The number of morpholine rings is 1. The Balaban J connectivity index is 1.76. The van der Waals surface area contributed by atoms with Crippen molar-refractivity contribution in [1.82, 2.24) is 0 Å². The molecule has 5 heteroatoms. The molecule has 0 spiro atoms. The second-order valence-electron chi connectivity index (χ2n) is 5.05. The van der Waals surface area contributed by atoms with Gasteiger partial charge >= 0.3 is 0 Å². The molecule has 0 atom stereocenters. The molecule has 1 aliphatic heterocycles. The molecule has 1 fully saturated rings. The van der Waals surface area contributed by atoms with Gasteiger partial charge in [-0.2, -0.15) is 0 Å². The Labute approximate surface area is 127 Å². The summed E-state index contributed by atoms with van der Waals surface area (Å²) >= 11 is 0. The zero-order valence-electron chi connectivity index (χ0n) is 12.0. The average Bonchev–Trinajstić information content (AvgIpc) is 2.54. The summed E-state index contributed by atoms with van der Waals surface area (Å²) in [5.41, 5.74) is 1.71. The molecule has 3 nitrogen and oxygen atoms in total. The predicted octanol–water partition coefficient (Wildman–Crippen LogP) is 3.55. The molecule has 0 amide bonds. The molecule has 114 valence electrons. The first-order chi connectivity index (χ1) is 10.7. The van der Waals surface area contributed by atoms with Crippen LogP contribution in [0.25, 0.3) is 0 Å². The molecule has 1 heterocycles. The summed E-state index contributed by atoms with van der Waals surface area (Å²) in [5.74, 6) is -0.631. The third kappa shape index (κ3) is 3.49. The van der Waals surface area contributed by atoms with Crippen molar-refractivity contribution in [2.24, 2.45) is 4.99 Å². The number of anilines is 1. The SMILES string of the molecule is Fc1cccc(N=Cc2ccc(N3CCOCC3)c(F)c2)c1. The van der Waals surface area contributed by atoms with Gasteiger partial charge in [0, 0.05) is 19.3 Å². The van der Waals surface area contributed by atoms with Gasteiger partial charge < -0.3 is 9.64 Å². The Morgan fingerprint density at radius 3 is 2.59 bits per heavy atom. The third-order valence-corrected chi connectivity index (χ3v) is 3.49. The van der Waals surface area contributed by atoms with Gasteiger partial charge in [0.05, 0.1) is 24.6 Å². The minimum Gasteiger partial charge on any atom is -0.378 e. The minimum absolute atomic E-state index is 0.287. The van der Waals surface area contributed by atoms with Crippen molar-refractivity contribution in [3.05, 3.63) is 59.7 Å². The van der Waals surface area contributed by atoms with Gasteiger partial charge in [0.1, 0.15) is 11.6 Å². The molecule has 1 aliphatic rings. The summed E-state index contributed by atoms with van der Waals surface area (Å²) < 4.78 is 32.6. The van der Waals surface area contributed by atoms with Crippen molar-refractivity contribution >= 4 is 17.6 Å². The Kier molecular flexibility index (Phi) is 4.44. The van der Waals surface area contributed by atoms with Crippen LogP contribution in [0.1, 0.15) is 5.56 Å². The van der Waals surface area contributed by atoms with Crippen LogP contribution in [0.4, 0.5) is 20.2 Å². The average molecular weight is 302 g/mol. The number of hydrogen-bond donors (Lipinski definition) is 0. The first-order valence-corrected chi connectivity index (χ1v) is 7.14. The van der Waals surface area contributed by atoms with E-state index in [0.717, 1.165) is 0 Å². The number of halogens is 2. The van der Waals surface area contributed by atoms with Gasteiger partial charge in [-0.25, -0.2) is 8.78 Å². The first kappa shape index (κ1) is 14.7. The smallest absolute Gasteiger partial charge is 0.147 e. The Morgan fingerprint density at radius 1 is 1.05 bits per heavy atom. The van der Waals surface area contributed by atoms with Crippen LogP contribution < -0.4 is 4.90 Å². The van der Waals surface area contributed by atoms with Gasteiger partial charge in [0.15, 0.2) is 0 Å². The number of aliphatic imine (C=N–C) groups is 1. The van der Waals surface area contributed by atoms with E-state index in [9.17, 15) is 8.78 Å². The van der Waals surface area contributed by atoms with Crippen molar-refractivity contribution in [3.8, 4) is 0 Å². The monoisotopic (exact) mass is 302 g/mol. The van der Waals surface area contributed by atoms with E-state index in [-0.39, 0.29) is 11.6 Å². The maximum atomic E-state index is 14.2. The lowest BCUT2D eigenvalue weighted by atomic mass is 10.2. The molecule has 0 bridgehead atoms. The second-order valence-corrected chi connectivity index (χ2v) is 5.05. The van der Waals surface area contributed by atoms with Crippen molar-refractivity contribution < 1.29 is 13.5 Å². The standard InChI is InChI=1S/C17H16F2N2O/c18-14-2-1-3-15(11-14)20-12-13-4-5-17(16(19)10-13)21-6-8-22-9-7-21/h1-5,10-12H,6-9H2. The maximum Gasteiger partial charge on any atom is 0.147 e. The largest absolute Gasteiger partial charge is 0.378 e. The molecule has 0 N–H and O–H groups in total. The fourth-order valence-electron chi connectivity index (χ4n) is 2.37. The predicted molar refractivity (Wildman–Crippen MR) is 83.1 cm³/mol. The number of benzene rings is 2. The molecular formula is C17H16F2N2O. The second kappa shape index (κ2) is 6.66. The van der Waals surface area contributed by atoms with Gasteiger partial charge in [-0.1, -0.05) is 12.1 Å². The zero-order valence-corrected chi connectivity index (χ0v) is 12.0. The van der Waals surface area contributed by atoms with Crippen LogP contribution in [0.15, 0.2) is 47.5 Å². The lowest BCUT2D eigenvalue weighted by Gasteiger charge is -2.29. The number of ether oxygens (including phenoxy) is 1. The molecule has 0 saturated carbocycles. The summed E-state index contributed by atoms with van der Waals surface area (Å²) in [4.78, 5) is 6.12. The van der Waals surface area contributed by atoms with Crippen molar-refractivity contribution in [1.29, 1.82) is 0 Å². The van der Waals surface area contributed by atoms with E-state index in [4.69, 9.17) is 4.74 Å². The summed E-state index contributed by atoms with van der Waals surface area (Å²) in [6.45, 7) is 2.60. The lowest BCUT2D eigenvalue weighted by molar-refractivity contribution is 0.122. The molecule has 0 radical (unpaired) electrons. The summed E-state index contributed by atoms with van der Waals surface area (Å²) in [5, 5.41) is 0. The van der Waals surface area contributed by atoms with Crippen LogP contribution in [0.5, 0.6) is 0 Å². The number of rotatable bonds is 3. The van der Waals surface area contributed by atoms with Crippen LogP contribution in [0.2, 0.25) is 0 Å². The van der Waals surface area contributed by atoms with Crippen LogP contribution in [-0.4, -0.2) is 32.5 Å². The zero-order chi connectivity index (χ0) is 15.4. The molecule has 2 aromatic rings. The van der Waals surface area contributed by atoms with Crippen LogP contribution in [-0.2, 0) is 4.74 Å². The normalized spacial score (nSPS) is 15.5. The maximum absolute atomic E-state index is 14.2. The Hall–Kier alpha value is -2.27. The number of hydrogen-bond acceptors (Lipinski definition) is 3. The topological polar surface area (TPSA) is 24.8 Å². The van der Waals surface area contributed by atoms with E-state index >= 15 is 0 Å². The number of nitrogens with zero attached hydrogens (tertiary/aromatic N) is 2. The van der Waals surface area contributed by atoms with E-state index in [0.29, 0.717) is 43.2 Å². The summed E-state index contributed by atoms with van der Waals surface area (Å²) in [6, 6.07) is 10.9. The molecular weight excluding hydrogens is 286 g/mol. The van der Waals surface area contributed by atoms with Crippen molar-refractivity contribution in [2.75, 3.05) is 31.2 Å². The molecule has 2 aromatic carbocycles. The van der Waals surface area contributed by atoms with Gasteiger partial charge in [0.25, 0.3) is 0 Å².